The summed E-state index contributed by atoms with van der Waals surface area (Å²) in [5.41, 5.74) is 0.437. The van der Waals surface area contributed by atoms with Crippen molar-refractivity contribution in [3.05, 3.63) is 29.8 Å². The van der Waals surface area contributed by atoms with Crippen molar-refractivity contribution in [3.63, 3.8) is 0 Å². The number of piperidine rings is 1. The third-order valence-electron chi connectivity index (χ3n) is 3.81. The smallest absolute Gasteiger partial charge is 0.308 e. The van der Waals surface area contributed by atoms with Crippen molar-refractivity contribution >= 4 is 17.8 Å². The van der Waals surface area contributed by atoms with E-state index in [4.69, 9.17) is 9.47 Å². The van der Waals surface area contributed by atoms with Crippen molar-refractivity contribution in [2.45, 2.75) is 25.8 Å². The molecule has 0 bridgehead atoms. The van der Waals surface area contributed by atoms with Gasteiger partial charge in [-0.05, 0) is 31.0 Å². The van der Waals surface area contributed by atoms with Crippen LogP contribution in [-0.2, 0) is 14.3 Å². The van der Waals surface area contributed by atoms with Crippen LogP contribution in [0, 0.1) is 0 Å². The number of hydrogen-bond donors (Lipinski definition) is 1. The maximum absolute atomic E-state index is 12.3. The molecule has 0 spiro atoms. The second kappa shape index (κ2) is 8.44. The van der Waals surface area contributed by atoms with Gasteiger partial charge in [-0.15, -0.1) is 0 Å². The van der Waals surface area contributed by atoms with Crippen molar-refractivity contribution in [3.8, 4) is 5.75 Å². The number of ether oxygens (including phenoxy) is 2. The van der Waals surface area contributed by atoms with E-state index in [1.54, 1.807) is 23.1 Å². The number of carbonyl (C=O) groups excluding carboxylic acids is 3. The quantitative estimate of drug-likeness (QED) is 0.641. The highest BCUT2D eigenvalue weighted by molar-refractivity contribution is 5.95. The molecule has 1 saturated heterocycles. The van der Waals surface area contributed by atoms with Gasteiger partial charge in [-0.2, -0.15) is 0 Å². The van der Waals surface area contributed by atoms with Crippen LogP contribution >= 0.6 is 0 Å². The normalized spacial score (nSPS) is 15.0. The predicted molar refractivity (Wildman–Crippen MR) is 86.7 cm³/mol. The maximum atomic E-state index is 12.3. The molecule has 2 rings (SSSR count). The van der Waals surface area contributed by atoms with Gasteiger partial charge < -0.3 is 19.7 Å². The fourth-order valence-corrected chi connectivity index (χ4v) is 2.62. The Labute approximate surface area is 140 Å². The molecule has 0 aromatic heterocycles. The lowest BCUT2D eigenvalue weighted by Gasteiger charge is -2.32. The van der Waals surface area contributed by atoms with E-state index in [9.17, 15) is 14.4 Å². The Hall–Kier alpha value is -2.41. The summed E-state index contributed by atoms with van der Waals surface area (Å²) < 4.78 is 9.83. The lowest BCUT2D eigenvalue weighted by Crippen LogP contribution is -2.47. The Morgan fingerprint density at radius 3 is 2.58 bits per heavy atom. The monoisotopic (exact) mass is 334 g/mol. The molecule has 0 saturated carbocycles. The van der Waals surface area contributed by atoms with Crippen molar-refractivity contribution in [2.75, 3.05) is 26.8 Å². The highest BCUT2D eigenvalue weighted by Crippen LogP contribution is 2.15. The van der Waals surface area contributed by atoms with E-state index in [1.165, 1.54) is 20.1 Å². The number of esters is 1. The number of rotatable bonds is 5. The first kappa shape index (κ1) is 17.9. The lowest BCUT2D eigenvalue weighted by molar-refractivity contribution is -0.136. The Morgan fingerprint density at radius 1 is 1.25 bits per heavy atom. The van der Waals surface area contributed by atoms with Gasteiger partial charge in [-0.3, -0.25) is 14.4 Å². The summed E-state index contributed by atoms with van der Waals surface area (Å²) >= 11 is 0. The number of nitrogens with zero attached hydrogens (tertiary/aromatic N) is 1. The van der Waals surface area contributed by atoms with Gasteiger partial charge in [0.1, 0.15) is 12.4 Å². The molecule has 2 amide bonds. The van der Waals surface area contributed by atoms with Crippen molar-refractivity contribution in [2.24, 2.45) is 0 Å². The van der Waals surface area contributed by atoms with Crippen LogP contribution in [0.3, 0.4) is 0 Å². The highest BCUT2D eigenvalue weighted by Gasteiger charge is 2.24. The molecule has 1 N–H and O–H groups in total. The average molecular weight is 334 g/mol. The summed E-state index contributed by atoms with van der Waals surface area (Å²) in [4.78, 5) is 36.8. The van der Waals surface area contributed by atoms with E-state index in [2.05, 4.69) is 5.32 Å². The van der Waals surface area contributed by atoms with E-state index in [1.807, 2.05) is 0 Å². The molecule has 1 fully saturated rings. The first-order valence-corrected chi connectivity index (χ1v) is 7.85. The molecule has 0 unspecified atom stereocenters. The predicted octanol–water partition coefficient (Wildman–Crippen LogP) is 0.979. The highest BCUT2D eigenvalue weighted by atomic mass is 16.5. The molecule has 7 nitrogen and oxygen atoms in total. The second-order valence-electron chi connectivity index (χ2n) is 5.68. The van der Waals surface area contributed by atoms with Crippen LogP contribution in [0.5, 0.6) is 5.75 Å². The Morgan fingerprint density at radius 2 is 1.96 bits per heavy atom. The van der Waals surface area contributed by atoms with Crippen LogP contribution in [0.1, 0.15) is 30.1 Å². The van der Waals surface area contributed by atoms with E-state index < -0.39 is 5.97 Å². The van der Waals surface area contributed by atoms with Crippen molar-refractivity contribution in [1.29, 1.82) is 0 Å². The van der Waals surface area contributed by atoms with E-state index in [-0.39, 0.29) is 24.5 Å². The number of carbonyl (C=O) groups is 3. The SMILES string of the molecule is COCC(=O)N1CCC(NC(=O)c2cccc(OC(C)=O)c2)CC1. The molecule has 1 heterocycles. The molecule has 1 aliphatic heterocycles. The van der Waals surface area contributed by atoms with Gasteiger partial charge in [0, 0.05) is 38.7 Å². The van der Waals surface area contributed by atoms with Gasteiger partial charge in [-0.25, -0.2) is 0 Å². The number of hydrogen-bond acceptors (Lipinski definition) is 5. The minimum Gasteiger partial charge on any atom is -0.427 e. The van der Waals surface area contributed by atoms with Crippen LogP contribution in [0.15, 0.2) is 24.3 Å². The minimum atomic E-state index is -0.430. The van der Waals surface area contributed by atoms with Gasteiger partial charge in [-0.1, -0.05) is 6.07 Å². The third kappa shape index (κ3) is 5.06. The topological polar surface area (TPSA) is 84.9 Å². The zero-order valence-corrected chi connectivity index (χ0v) is 13.9. The maximum Gasteiger partial charge on any atom is 0.308 e. The molecule has 0 radical (unpaired) electrons. The summed E-state index contributed by atoms with van der Waals surface area (Å²) in [7, 11) is 1.49. The molecular weight excluding hydrogens is 312 g/mol. The molecule has 1 aliphatic rings. The number of amides is 2. The van der Waals surface area contributed by atoms with E-state index >= 15 is 0 Å². The largest absolute Gasteiger partial charge is 0.427 e. The first-order chi connectivity index (χ1) is 11.5. The van der Waals surface area contributed by atoms with Gasteiger partial charge in [0.05, 0.1) is 0 Å². The molecule has 1 aromatic rings. The Balaban J connectivity index is 1.87. The zero-order valence-electron chi connectivity index (χ0n) is 13.9. The molecule has 1 aromatic carbocycles. The minimum absolute atomic E-state index is 0.0153. The first-order valence-electron chi connectivity index (χ1n) is 7.85. The fraction of sp³-hybridized carbons (Fsp3) is 0.471. The Kier molecular flexibility index (Phi) is 6.31. The molecule has 24 heavy (non-hydrogen) atoms. The molecule has 0 atom stereocenters. The van der Waals surface area contributed by atoms with Gasteiger partial charge in [0.25, 0.3) is 5.91 Å². The summed E-state index contributed by atoms with van der Waals surface area (Å²) in [6.45, 7) is 2.59. The molecule has 130 valence electrons. The summed E-state index contributed by atoms with van der Waals surface area (Å²) in [6, 6.07) is 6.51. The third-order valence-corrected chi connectivity index (χ3v) is 3.81. The number of benzene rings is 1. The summed E-state index contributed by atoms with van der Waals surface area (Å²) in [5.74, 6) is -0.335. The van der Waals surface area contributed by atoms with Crippen molar-refractivity contribution in [1.82, 2.24) is 10.2 Å². The number of likely N-dealkylation sites (tertiary alicyclic amines) is 1. The number of nitrogens with one attached hydrogen (secondary N) is 1. The molecule has 0 aliphatic carbocycles. The summed E-state index contributed by atoms with van der Waals surface area (Å²) in [6.07, 6.45) is 1.40. The van der Waals surface area contributed by atoms with Crippen LogP contribution < -0.4 is 10.1 Å². The zero-order chi connectivity index (χ0) is 17.5. The van der Waals surface area contributed by atoms with Crippen LogP contribution in [-0.4, -0.2) is 55.5 Å². The standard InChI is InChI=1S/C17H22N2O5/c1-12(20)24-15-5-3-4-13(10-15)17(22)18-14-6-8-19(9-7-14)16(21)11-23-2/h3-5,10,14H,6-9,11H2,1-2H3,(H,18,22). The Bertz CT molecular complexity index is 609. The van der Waals surface area contributed by atoms with Gasteiger partial charge >= 0.3 is 5.97 Å². The van der Waals surface area contributed by atoms with Crippen LogP contribution in [0.25, 0.3) is 0 Å². The van der Waals surface area contributed by atoms with Crippen LogP contribution in [0.4, 0.5) is 0 Å². The summed E-state index contributed by atoms with van der Waals surface area (Å²) in [5, 5.41) is 2.96. The molecule has 7 heteroatoms. The molecular formula is C17H22N2O5. The van der Waals surface area contributed by atoms with Crippen molar-refractivity contribution < 1.29 is 23.9 Å². The lowest BCUT2D eigenvalue weighted by atomic mass is 10.0. The second-order valence-corrected chi connectivity index (χ2v) is 5.68. The fourth-order valence-electron chi connectivity index (χ4n) is 2.62. The number of methoxy groups -OCH3 is 1. The van der Waals surface area contributed by atoms with Crippen LogP contribution in [0.2, 0.25) is 0 Å². The van der Waals surface area contributed by atoms with Gasteiger partial charge in [0.15, 0.2) is 0 Å². The van der Waals surface area contributed by atoms with E-state index in [0.29, 0.717) is 37.2 Å². The van der Waals surface area contributed by atoms with E-state index in [0.717, 1.165) is 0 Å². The van der Waals surface area contributed by atoms with Gasteiger partial charge in [0.2, 0.25) is 5.91 Å². The average Bonchev–Trinajstić information content (AvgIpc) is 2.55.